The molecule has 1 fully saturated rings. The Hall–Kier alpha value is -1.30. The summed E-state index contributed by atoms with van der Waals surface area (Å²) in [4.78, 5) is 22.4. The molecule has 2 atom stereocenters. The van der Waals surface area contributed by atoms with Crippen molar-refractivity contribution in [3.05, 3.63) is 0 Å². The van der Waals surface area contributed by atoms with E-state index in [2.05, 4.69) is 10.6 Å². The molecule has 0 saturated carbocycles. The molecule has 1 aliphatic rings. The van der Waals surface area contributed by atoms with Gasteiger partial charge >= 0.3 is 12.1 Å². The second-order valence-corrected chi connectivity index (χ2v) is 5.99. The van der Waals surface area contributed by atoms with E-state index in [4.69, 9.17) is 9.84 Å². The molecule has 1 rings (SSSR count). The van der Waals surface area contributed by atoms with E-state index < -0.39 is 17.7 Å². The highest BCUT2D eigenvalue weighted by Crippen LogP contribution is 2.22. The monoisotopic (exact) mass is 272 g/mol. The van der Waals surface area contributed by atoms with Crippen LogP contribution in [0.15, 0.2) is 0 Å². The highest BCUT2D eigenvalue weighted by Gasteiger charge is 2.27. The predicted octanol–water partition coefficient (Wildman–Crippen LogP) is 1.21. The summed E-state index contributed by atoms with van der Waals surface area (Å²) in [6.07, 6.45) is 0.530. The summed E-state index contributed by atoms with van der Waals surface area (Å²) < 4.78 is 5.16. The lowest BCUT2D eigenvalue weighted by Gasteiger charge is -2.31. The molecule has 0 spiro atoms. The van der Waals surface area contributed by atoms with Gasteiger partial charge in [0.2, 0.25) is 0 Å². The average molecular weight is 272 g/mol. The fourth-order valence-corrected chi connectivity index (χ4v) is 2.24. The van der Waals surface area contributed by atoms with Gasteiger partial charge in [0.25, 0.3) is 0 Å². The normalized spacial score (nSPS) is 23.7. The topological polar surface area (TPSA) is 87.7 Å². The van der Waals surface area contributed by atoms with Crippen LogP contribution in [0.5, 0.6) is 0 Å². The van der Waals surface area contributed by atoms with Crippen LogP contribution in [0.2, 0.25) is 0 Å². The molecular weight excluding hydrogens is 248 g/mol. The highest BCUT2D eigenvalue weighted by atomic mass is 16.6. The molecule has 0 radical (unpaired) electrons. The summed E-state index contributed by atoms with van der Waals surface area (Å²) in [5.74, 6) is -0.541. The Bertz CT molecular complexity index is 325. The van der Waals surface area contributed by atoms with Crippen molar-refractivity contribution in [2.24, 2.45) is 11.8 Å². The Morgan fingerprint density at radius 1 is 1.37 bits per heavy atom. The molecule has 0 unspecified atom stereocenters. The first kappa shape index (κ1) is 15.8. The fourth-order valence-electron chi connectivity index (χ4n) is 2.24. The van der Waals surface area contributed by atoms with E-state index >= 15 is 0 Å². The standard InChI is InChI=1S/C13H24N2O4/c1-13(2,3)19-12(18)15-8-10-7-14-5-4-9(10)6-11(16)17/h9-10,14H,4-8H2,1-3H3,(H,15,18)(H,16,17)/t9-,10+/m1/s1. The third kappa shape index (κ3) is 6.42. The molecule has 6 heteroatoms. The molecule has 0 aliphatic carbocycles. The lowest BCUT2D eigenvalue weighted by molar-refractivity contribution is -0.138. The number of alkyl carbamates (subject to hydrolysis) is 1. The highest BCUT2D eigenvalue weighted by molar-refractivity contribution is 5.68. The number of aliphatic carboxylic acids is 1. The van der Waals surface area contributed by atoms with Gasteiger partial charge in [0, 0.05) is 13.0 Å². The maximum atomic E-state index is 11.6. The number of amides is 1. The minimum absolute atomic E-state index is 0.105. The van der Waals surface area contributed by atoms with Crippen LogP contribution in [0.1, 0.15) is 33.6 Å². The van der Waals surface area contributed by atoms with Crippen LogP contribution in [0.4, 0.5) is 4.79 Å². The largest absolute Gasteiger partial charge is 0.481 e. The van der Waals surface area contributed by atoms with E-state index in [1.165, 1.54) is 0 Å². The number of nitrogens with one attached hydrogen (secondary N) is 2. The van der Waals surface area contributed by atoms with E-state index in [0.29, 0.717) is 6.54 Å². The number of ether oxygens (including phenoxy) is 1. The molecule has 1 aliphatic heterocycles. The minimum atomic E-state index is -0.783. The minimum Gasteiger partial charge on any atom is -0.481 e. The van der Waals surface area contributed by atoms with Crippen molar-refractivity contribution in [3.8, 4) is 0 Å². The SMILES string of the molecule is CC(C)(C)OC(=O)NC[C@@H]1CNCC[C@@H]1CC(=O)O. The predicted molar refractivity (Wildman–Crippen MR) is 71.0 cm³/mol. The van der Waals surface area contributed by atoms with Crippen molar-refractivity contribution in [2.75, 3.05) is 19.6 Å². The number of carbonyl (C=O) groups excluding carboxylic acids is 1. The Balaban J connectivity index is 2.40. The van der Waals surface area contributed by atoms with Gasteiger partial charge in [-0.2, -0.15) is 0 Å². The first-order valence-electron chi connectivity index (χ1n) is 6.67. The number of piperidine rings is 1. The summed E-state index contributed by atoms with van der Waals surface area (Å²) in [6, 6.07) is 0. The van der Waals surface area contributed by atoms with E-state index in [1.807, 2.05) is 20.8 Å². The summed E-state index contributed by atoms with van der Waals surface area (Å²) in [6.45, 7) is 7.43. The maximum Gasteiger partial charge on any atom is 0.407 e. The van der Waals surface area contributed by atoms with Gasteiger partial charge in [0.1, 0.15) is 5.60 Å². The van der Waals surface area contributed by atoms with Gasteiger partial charge in [-0.05, 0) is 52.1 Å². The van der Waals surface area contributed by atoms with Gasteiger partial charge in [-0.3, -0.25) is 4.79 Å². The number of carbonyl (C=O) groups is 2. The molecule has 0 bridgehead atoms. The van der Waals surface area contributed by atoms with Crippen LogP contribution in [0.3, 0.4) is 0 Å². The quantitative estimate of drug-likeness (QED) is 0.716. The van der Waals surface area contributed by atoms with Crippen LogP contribution < -0.4 is 10.6 Å². The molecular formula is C13H24N2O4. The van der Waals surface area contributed by atoms with E-state index in [1.54, 1.807) is 0 Å². The summed E-state index contributed by atoms with van der Waals surface area (Å²) in [7, 11) is 0. The van der Waals surface area contributed by atoms with Crippen LogP contribution in [-0.4, -0.2) is 42.4 Å². The van der Waals surface area contributed by atoms with Gasteiger partial charge in [-0.25, -0.2) is 4.79 Å². The third-order valence-corrected chi connectivity index (χ3v) is 3.11. The Morgan fingerprint density at radius 3 is 2.63 bits per heavy atom. The molecule has 6 nitrogen and oxygen atoms in total. The molecule has 0 aromatic heterocycles. The van der Waals surface area contributed by atoms with Crippen LogP contribution in [0.25, 0.3) is 0 Å². The number of hydrogen-bond acceptors (Lipinski definition) is 4. The zero-order valence-electron chi connectivity index (χ0n) is 11.9. The molecule has 3 N–H and O–H groups in total. The van der Waals surface area contributed by atoms with Gasteiger partial charge in [0.15, 0.2) is 0 Å². The second kappa shape index (κ2) is 6.75. The van der Waals surface area contributed by atoms with Crippen LogP contribution in [0, 0.1) is 11.8 Å². The Labute approximate surface area is 113 Å². The van der Waals surface area contributed by atoms with Gasteiger partial charge < -0.3 is 20.5 Å². The van der Waals surface area contributed by atoms with E-state index in [0.717, 1.165) is 19.5 Å². The zero-order valence-corrected chi connectivity index (χ0v) is 11.9. The fraction of sp³-hybridized carbons (Fsp3) is 0.846. The summed E-state index contributed by atoms with van der Waals surface area (Å²) >= 11 is 0. The lowest BCUT2D eigenvalue weighted by atomic mass is 9.84. The molecule has 1 amide bonds. The number of hydrogen-bond donors (Lipinski definition) is 3. The molecule has 19 heavy (non-hydrogen) atoms. The number of carboxylic acids is 1. The first-order valence-corrected chi connectivity index (χ1v) is 6.67. The maximum absolute atomic E-state index is 11.6. The molecule has 1 heterocycles. The van der Waals surface area contributed by atoms with E-state index in [9.17, 15) is 9.59 Å². The first-order chi connectivity index (χ1) is 8.78. The molecule has 0 aromatic carbocycles. The van der Waals surface area contributed by atoms with Gasteiger partial charge in [0.05, 0.1) is 0 Å². The summed E-state index contributed by atoms with van der Waals surface area (Å²) in [5, 5.41) is 14.8. The van der Waals surface area contributed by atoms with Gasteiger partial charge in [-0.1, -0.05) is 0 Å². The Kier molecular flexibility index (Phi) is 5.60. The second-order valence-electron chi connectivity index (χ2n) is 5.99. The van der Waals surface area contributed by atoms with Crippen molar-refractivity contribution >= 4 is 12.1 Å². The van der Waals surface area contributed by atoms with Crippen molar-refractivity contribution in [2.45, 2.75) is 39.2 Å². The van der Waals surface area contributed by atoms with Crippen molar-refractivity contribution in [1.82, 2.24) is 10.6 Å². The molecule has 110 valence electrons. The van der Waals surface area contributed by atoms with Crippen LogP contribution >= 0.6 is 0 Å². The Morgan fingerprint density at radius 2 is 2.05 bits per heavy atom. The smallest absolute Gasteiger partial charge is 0.407 e. The molecule has 0 aromatic rings. The molecule has 1 saturated heterocycles. The number of rotatable bonds is 4. The van der Waals surface area contributed by atoms with Crippen molar-refractivity contribution in [3.63, 3.8) is 0 Å². The number of carboxylic acid groups (broad SMARTS) is 1. The van der Waals surface area contributed by atoms with Gasteiger partial charge in [-0.15, -0.1) is 0 Å². The lowest BCUT2D eigenvalue weighted by Crippen LogP contribution is -2.44. The third-order valence-electron chi connectivity index (χ3n) is 3.11. The average Bonchev–Trinajstić information content (AvgIpc) is 2.24. The zero-order chi connectivity index (χ0) is 14.5. The summed E-state index contributed by atoms with van der Waals surface area (Å²) in [5.41, 5.74) is -0.518. The van der Waals surface area contributed by atoms with Crippen molar-refractivity contribution in [1.29, 1.82) is 0 Å². The van der Waals surface area contributed by atoms with Crippen molar-refractivity contribution < 1.29 is 19.4 Å². The van der Waals surface area contributed by atoms with E-state index in [-0.39, 0.29) is 18.3 Å². The van der Waals surface area contributed by atoms with Crippen LogP contribution in [-0.2, 0) is 9.53 Å².